The summed E-state index contributed by atoms with van der Waals surface area (Å²) >= 11 is 0. The first-order chi connectivity index (χ1) is 17.5. The predicted molar refractivity (Wildman–Crippen MR) is 145 cm³/mol. The summed E-state index contributed by atoms with van der Waals surface area (Å²) in [5, 5.41) is 11.6. The van der Waals surface area contributed by atoms with Crippen LogP contribution < -0.4 is 4.90 Å². The van der Waals surface area contributed by atoms with E-state index >= 15 is 0 Å². The number of hydrogen-bond acceptors (Lipinski definition) is 5. The summed E-state index contributed by atoms with van der Waals surface area (Å²) in [5.41, 5.74) is 2.69. The molecule has 4 atom stereocenters. The van der Waals surface area contributed by atoms with Crippen LogP contribution in [0.5, 0.6) is 0 Å². The highest BCUT2D eigenvalue weighted by molar-refractivity contribution is 6.74. The Hall–Kier alpha value is -3.07. The summed E-state index contributed by atoms with van der Waals surface area (Å²) in [4.78, 5) is 33.8. The number of carbonyl (C=O) groups is 2. The van der Waals surface area contributed by atoms with Crippen LogP contribution >= 0.6 is 0 Å². The van der Waals surface area contributed by atoms with Crippen molar-refractivity contribution in [2.24, 2.45) is 11.8 Å². The smallest absolute Gasteiger partial charge is 0.243 e. The molecule has 1 aromatic heterocycles. The molecule has 1 fully saturated rings. The molecular weight excluding hydrogens is 482 g/mol. The number of imidazole rings is 1. The zero-order valence-corrected chi connectivity index (χ0v) is 23.1. The maximum Gasteiger partial charge on any atom is 0.243 e. The summed E-state index contributed by atoms with van der Waals surface area (Å²) in [6.45, 7) is 11.5. The van der Waals surface area contributed by atoms with Crippen molar-refractivity contribution in [2.45, 2.75) is 57.5 Å². The number of imide groups is 1. The fourth-order valence-electron chi connectivity index (χ4n) is 5.24. The number of para-hydroxylation sites is 1. The number of anilines is 1. The van der Waals surface area contributed by atoms with Crippen molar-refractivity contribution < 1.29 is 19.1 Å². The minimum atomic E-state index is -2.17. The van der Waals surface area contributed by atoms with E-state index < -0.39 is 32.2 Å². The maximum absolute atomic E-state index is 14.0. The van der Waals surface area contributed by atoms with Gasteiger partial charge in [-0.1, -0.05) is 69.3 Å². The van der Waals surface area contributed by atoms with E-state index in [0.29, 0.717) is 23.6 Å². The molecule has 3 aromatic rings. The molecule has 2 heterocycles. The van der Waals surface area contributed by atoms with E-state index in [1.165, 1.54) is 4.90 Å². The molecule has 0 saturated carbocycles. The van der Waals surface area contributed by atoms with Gasteiger partial charge in [-0.25, -0.2) is 9.88 Å². The summed E-state index contributed by atoms with van der Waals surface area (Å²) in [5.74, 6) is -2.60. The average molecular weight is 518 g/mol. The number of carbonyl (C=O) groups excluding carboxylic acids is 2. The number of aliphatic hydroxyl groups excluding tert-OH is 1. The lowest BCUT2D eigenvalue weighted by Crippen LogP contribution is -2.45. The van der Waals surface area contributed by atoms with Crippen molar-refractivity contribution in [3.05, 3.63) is 83.9 Å². The lowest BCUT2D eigenvalue weighted by molar-refractivity contribution is -0.125. The number of aliphatic hydroxyl groups is 1. The SMILES string of the molecule is CC(C)(C)[Si](C)(C)OC[C@H]1[C@H]2C(=O)N(c3ccccc3)C(=O)[C@H]2c2c(ncn2Cc2ccccc2)[C@@H]1O. The van der Waals surface area contributed by atoms with Crippen LogP contribution in [0.25, 0.3) is 0 Å². The van der Waals surface area contributed by atoms with Crippen LogP contribution in [0.4, 0.5) is 5.69 Å². The van der Waals surface area contributed by atoms with Crippen molar-refractivity contribution in [3.8, 4) is 0 Å². The van der Waals surface area contributed by atoms with Crippen molar-refractivity contribution in [1.82, 2.24) is 9.55 Å². The number of rotatable bonds is 6. The molecule has 1 aliphatic carbocycles. The molecule has 2 aromatic carbocycles. The average Bonchev–Trinajstić information content (AvgIpc) is 3.38. The van der Waals surface area contributed by atoms with Gasteiger partial charge in [-0.3, -0.25) is 9.59 Å². The quantitative estimate of drug-likeness (QED) is 0.372. The Labute approximate surface area is 219 Å². The van der Waals surface area contributed by atoms with Gasteiger partial charge < -0.3 is 14.1 Å². The summed E-state index contributed by atoms with van der Waals surface area (Å²) < 4.78 is 8.43. The van der Waals surface area contributed by atoms with Crippen molar-refractivity contribution in [3.63, 3.8) is 0 Å². The van der Waals surface area contributed by atoms with E-state index in [9.17, 15) is 14.7 Å². The predicted octanol–water partition coefficient (Wildman–Crippen LogP) is 4.89. The summed E-state index contributed by atoms with van der Waals surface area (Å²) in [6, 6.07) is 18.9. The van der Waals surface area contributed by atoms with Gasteiger partial charge in [0.25, 0.3) is 0 Å². The molecule has 0 bridgehead atoms. The molecule has 5 rings (SSSR count). The molecular formula is C29H35N3O4Si. The van der Waals surface area contributed by atoms with Crippen LogP contribution in [0.2, 0.25) is 18.1 Å². The lowest BCUT2D eigenvalue weighted by Gasteiger charge is -2.40. The first kappa shape index (κ1) is 25.6. The summed E-state index contributed by atoms with van der Waals surface area (Å²) in [7, 11) is -2.17. The van der Waals surface area contributed by atoms with Gasteiger partial charge in [0, 0.05) is 19.1 Å². The molecule has 1 N–H and O–H groups in total. The monoisotopic (exact) mass is 517 g/mol. The van der Waals surface area contributed by atoms with Gasteiger partial charge in [0.2, 0.25) is 11.8 Å². The Kier molecular flexibility index (Phi) is 6.46. The topological polar surface area (TPSA) is 84.7 Å². The highest BCUT2D eigenvalue weighted by Crippen LogP contribution is 2.51. The fraction of sp³-hybridized carbons (Fsp3) is 0.414. The number of amides is 2. The number of benzene rings is 2. The summed E-state index contributed by atoms with van der Waals surface area (Å²) in [6.07, 6.45) is 0.670. The Bertz CT molecular complexity index is 1300. The molecule has 37 heavy (non-hydrogen) atoms. The number of aromatic nitrogens is 2. The van der Waals surface area contributed by atoms with E-state index in [4.69, 9.17) is 4.43 Å². The lowest BCUT2D eigenvalue weighted by atomic mass is 9.72. The van der Waals surface area contributed by atoms with Crippen LogP contribution in [0.3, 0.4) is 0 Å². The highest BCUT2D eigenvalue weighted by atomic mass is 28.4. The van der Waals surface area contributed by atoms with Crippen molar-refractivity contribution in [2.75, 3.05) is 11.5 Å². The van der Waals surface area contributed by atoms with Crippen LogP contribution in [0, 0.1) is 11.8 Å². The van der Waals surface area contributed by atoms with Gasteiger partial charge in [-0.2, -0.15) is 0 Å². The normalized spacial score (nSPS) is 23.8. The molecule has 0 spiro atoms. The molecule has 8 heteroatoms. The van der Waals surface area contributed by atoms with Crippen molar-refractivity contribution >= 4 is 25.8 Å². The minimum absolute atomic E-state index is 0.0278. The maximum atomic E-state index is 14.0. The van der Waals surface area contributed by atoms with Gasteiger partial charge in [0.1, 0.15) is 6.10 Å². The van der Waals surface area contributed by atoms with E-state index in [0.717, 1.165) is 5.56 Å². The van der Waals surface area contributed by atoms with E-state index in [1.807, 2.05) is 53.1 Å². The van der Waals surface area contributed by atoms with Crippen LogP contribution in [-0.2, 0) is 20.6 Å². The molecule has 7 nitrogen and oxygen atoms in total. The first-order valence-corrected chi connectivity index (χ1v) is 15.8. The number of hydrogen-bond donors (Lipinski definition) is 1. The molecule has 0 radical (unpaired) electrons. The molecule has 194 valence electrons. The van der Waals surface area contributed by atoms with Gasteiger partial charge in [-0.15, -0.1) is 0 Å². The molecule has 2 amide bonds. The molecule has 1 saturated heterocycles. The van der Waals surface area contributed by atoms with E-state index in [-0.39, 0.29) is 23.5 Å². The second-order valence-corrected chi connectivity index (χ2v) is 16.5. The van der Waals surface area contributed by atoms with E-state index in [2.05, 4.69) is 38.8 Å². The third-order valence-corrected chi connectivity index (χ3v) is 12.9. The zero-order chi connectivity index (χ0) is 26.5. The Balaban J connectivity index is 1.58. The standard InChI is InChI=1S/C29H35N3O4Si/c1-29(2,3)37(4,5)36-17-21-22-23(28(35)32(27(22)34)20-14-10-7-11-15-20)25-24(26(21)33)30-18-31(25)16-19-12-8-6-9-13-19/h6-15,18,21-23,26,33H,16-17H2,1-5H3/t21-,22+,23+,26+/m0/s1. The van der Waals surface area contributed by atoms with Gasteiger partial charge in [0.15, 0.2) is 8.32 Å². The van der Waals surface area contributed by atoms with Crippen molar-refractivity contribution in [1.29, 1.82) is 0 Å². The number of nitrogens with zero attached hydrogens (tertiary/aromatic N) is 3. The number of fused-ring (bicyclic) bond motifs is 3. The minimum Gasteiger partial charge on any atom is -0.416 e. The Morgan fingerprint density at radius 2 is 1.59 bits per heavy atom. The second-order valence-electron chi connectivity index (χ2n) is 11.7. The van der Waals surface area contributed by atoms with E-state index in [1.54, 1.807) is 18.5 Å². The first-order valence-electron chi connectivity index (χ1n) is 12.8. The second kappa shape index (κ2) is 9.35. The van der Waals surface area contributed by atoms with Gasteiger partial charge in [-0.05, 0) is 35.8 Å². The largest absolute Gasteiger partial charge is 0.416 e. The van der Waals surface area contributed by atoms with Crippen LogP contribution in [0.1, 0.15) is 49.7 Å². The third-order valence-electron chi connectivity index (χ3n) is 8.35. The zero-order valence-electron chi connectivity index (χ0n) is 22.1. The third kappa shape index (κ3) is 4.37. The molecule has 2 aliphatic rings. The Morgan fingerprint density at radius 3 is 2.22 bits per heavy atom. The van der Waals surface area contributed by atoms with Crippen LogP contribution in [-0.4, -0.2) is 41.4 Å². The highest BCUT2D eigenvalue weighted by Gasteiger charge is 2.59. The molecule has 1 aliphatic heterocycles. The van der Waals surface area contributed by atoms with Gasteiger partial charge >= 0.3 is 0 Å². The Morgan fingerprint density at radius 1 is 0.973 bits per heavy atom. The van der Waals surface area contributed by atoms with Crippen LogP contribution in [0.15, 0.2) is 67.0 Å². The molecule has 0 unspecified atom stereocenters. The van der Waals surface area contributed by atoms with Gasteiger partial charge in [0.05, 0.1) is 35.2 Å². The fourth-order valence-corrected chi connectivity index (χ4v) is 6.28.